The molecule has 0 radical (unpaired) electrons. The summed E-state index contributed by atoms with van der Waals surface area (Å²) in [4.78, 5) is 26.1. The van der Waals surface area contributed by atoms with Gasteiger partial charge in [-0.05, 0) is 17.2 Å². The Hall–Kier alpha value is -2.95. The third-order valence-corrected chi connectivity index (χ3v) is 2.80. The molecule has 1 amide bonds. The lowest BCUT2D eigenvalue weighted by Gasteiger charge is -2.05. The fraction of sp³-hybridized carbons (Fsp3) is 0.118. The van der Waals surface area contributed by atoms with E-state index >= 15 is 0 Å². The monoisotopic (exact) mass is 296 g/mol. The zero-order valence-electron chi connectivity index (χ0n) is 11.9. The Morgan fingerprint density at radius 1 is 1.18 bits per heavy atom. The van der Waals surface area contributed by atoms with Crippen molar-refractivity contribution in [1.29, 1.82) is 0 Å². The van der Waals surface area contributed by atoms with Crippen molar-refractivity contribution in [2.75, 3.05) is 6.54 Å². The molecule has 1 aromatic heterocycles. The lowest BCUT2D eigenvalue weighted by atomic mass is 10.2. The fourth-order valence-corrected chi connectivity index (χ4v) is 1.74. The lowest BCUT2D eigenvalue weighted by molar-refractivity contribution is 0.112. The summed E-state index contributed by atoms with van der Waals surface area (Å²) < 4.78 is 5.07. The van der Waals surface area contributed by atoms with Gasteiger partial charge in [0, 0.05) is 24.5 Å². The molecule has 1 N–H and O–H groups in total. The van der Waals surface area contributed by atoms with Gasteiger partial charge in [-0.15, -0.1) is 0 Å². The van der Waals surface area contributed by atoms with E-state index in [-0.39, 0.29) is 6.61 Å². The minimum atomic E-state index is -0.478. The van der Waals surface area contributed by atoms with Crippen molar-refractivity contribution in [3.05, 3.63) is 71.6 Å². The van der Waals surface area contributed by atoms with Crippen LogP contribution in [0.25, 0.3) is 6.08 Å². The Morgan fingerprint density at radius 2 is 1.95 bits per heavy atom. The number of rotatable bonds is 6. The quantitative estimate of drug-likeness (QED) is 0.832. The third kappa shape index (κ3) is 5.20. The van der Waals surface area contributed by atoms with Gasteiger partial charge in [-0.2, -0.15) is 0 Å². The van der Waals surface area contributed by atoms with E-state index in [1.807, 2.05) is 30.3 Å². The molecule has 0 fully saturated rings. The highest BCUT2D eigenvalue weighted by Gasteiger charge is 2.00. The molecule has 2 aromatic rings. The molecule has 0 unspecified atom stereocenters. The van der Waals surface area contributed by atoms with Crippen molar-refractivity contribution in [2.45, 2.75) is 6.61 Å². The Kier molecular flexibility index (Phi) is 5.87. The minimum absolute atomic E-state index is 0.238. The summed E-state index contributed by atoms with van der Waals surface area (Å²) in [5, 5.41) is 2.61. The maximum atomic E-state index is 11.5. The molecule has 0 saturated carbocycles. The summed E-state index contributed by atoms with van der Waals surface area (Å²) in [6, 6.07) is 11.2. The number of carbonyl (C=O) groups excluding carboxylic acids is 2. The molecule has 0 aliphatic carbocycles. The molecular weight excluding hydrogens is 280 g/mol. The van der Waals surface area contributed by atoms with Crippen LogP contribution in [0.15, 0.2) is 54.9 Å². The van der Waals surface area contributed by atoms with E-state index < -0.39 is 6.09 Å². The summed E-state index contributed by atoms with van der Waals surface area (Å²) in [7, 11) is 0. The molecule has 2 rings (SSSR count). The molecule has 0 bridgehead atoms. The Labute approximate surface area is 128 Å². The smallest absolute Gasteiger partial charge is 0.407 e. The van der Waals surface area contributed by atoms with Crippen molar-refractivity contribution in [2.24, 2.45) is 0 Å². The molecular formula is C17H16N2O3. The van der Waals surface area contributed by atoms with Gasteiger partial charge in [0.15, 0.2) is 6.29 Å². The topological polar surface area (TPSA) is 68.3 Å². The number of ether oxygens (including phenoxy) is 1. The first-order valence-corrected chi connectivity index (χ1v) is 6.79. The predicted molar refractivity (Wildman–Crippen MR) is 83.3 cm³/mol. The fourth-order valence-electron chi connectivity index (χ4n) is 1.74. The second-order valence-electron chi connectivity index (χ2n) is 4.51. The number of aldehydes is 1. The highest BCUT2D eigenvalue weighted by Crippen LogP contribution is 2.03. The Bertz CT molecular complexity index is 654. The molecule has 0 saturated heterocycles. The first-order valence-electron chi connectivity index (χ1n) is 6.79. The third-order valence-electron chi connectivity index (χ3n) is 2.80. The second kappa shape index (κ2) is 8.36. The Balaban J connectivity index is 1.72. The standard InChI is InChI=1S/C17H16N2O3/c20-12-16-9-15(10-18-11-16)7-4-8-19-17(21)22-13-14-5-2-1-3-6-14/h1-7,9-12H,8,13H2,(H,19,21). The van der Waals surface area contributed by atoms with E-state index in [4.69, 9.17) is 4.74 Å². The molecule has 5 heteroatoms. The first kappa shape index (κ1) is 15.4. The van der Waals surface area contributed by atoms with Crippen molar-refractivity contribution < 1.29 is 14.3 Å². The van der Waals surface area contributed by atoms with Crippen LogP contribution in [0.1, 0.15) is 21.5 Å². The number of nitrogens with one attached hydrogen (secondary N) is 1. The van der Waals surface area contributed by atoms with E-state index in [9.17, 15) is 9.59 Å². The van der Waals surface area contributed by atoms with Gasteiger partial charge in [-0.3, -0.25) is 9.78 Å². The van der Waals surface area contributed by atoms with Crippen LogP contribution < -0.4 is 5.32 Å². The zero-order chi connectivity index (χ0) is 15.6. The maximum absolute atomic E-state index is 11.5. The molecule has 0 atom stereocenters. The van der Waals surface area contributed by atoms with E-state index in [1.165, 1.54) is 6.20 Å². The summed E-state index contributed by atoms with van der Waals surface area (Å²) >= 11 is 0. The normalized spacial score (nSPS) is 10.4. The number of amides is 1. The summed E-state index contributed by atoms with van der Waals surface area (Å²) in [5.74, 6) is 0. The van der Waals surface area contributed by atoms with Crippen LogP contribution in [-0.2, 0) is 11.3 Å². The number of nitrogens with zero attached hydrogens (tertiary/aromatic N) is 1. The van der Waals surface area contributed by atoms with Crippen LogP contribution in [0, 0.1) is 0 Å². The number of benzene rings is 1. The molecule has 1 aromatic carbocycles. The number of pyridine rings is 1. The molecule has 112 valence electrons. The van der Waals surface area contributed by atoms with Crippen molar-refractivity contribution in [3.8, 4) is 0 Å². The van der Waals surface area contributed by atoms with Gasteiger partial charge in [0.25, 0.3) is 0 Å². The van der Waals surface area contributed by atoms with Gasteiger partial charge in [0.1, 0.15) is 6.61 Å². The molecule has 0 spiro atoms. The number of hydrogen-bond acceptors (Lipinski definition) is 4. The van der Waals surface area contributed by atoms with Crippen LogP contribution in [-0.4, -0.2) is 23.9 Å². The van der Waals surface area contributed by atoms with Crippen LogP contribution in [0.4, 0.5) is 4.79 Å². The first-order chi connectivity index (χ1) is 10.8. The van der Waals surface area contributed by atoms with E-state index in [2.05, 4.69) is 10.3 Å². The summed E-state index contributed by atoms with van der Waals surface area (Å²) in [5.41, 5.74) is 2.24. The Morgan fingerprint density at radius 3 is 2.73 bits per heavy atom. The largest absolute Gasteiger partial charge is 0.445 e. The van der Waals surface area contributed by atoms with E-state index in [1.54, 1.807) is 24.4 Å². The van der Waals surface area contributed by atoms with Gasteiger partial charge >= 0.3 is 6.09 Å². The van der Waals surface area contributed by atoms with Crippen LogP contribution in [0.2, 0.25) is 0 Å². The number of alkyl carbamates (subject to hydrolysis) is 1. The van der Waals surface area contributed by atoms with E-state index in [0.29, 0.717) is 12.1 Å². The van der Waals surface area contributed by atoms with Gasteiger partial charge < -0.3 is 10.1 Å². The van der Waals surface area contributed by atoms with E-state index in [0.717, 1.165) is 17.4 Å². The van der Waals surface area contributed by atoms with Gasteiger partial charge in [0.2, 0.25) is 0 Å². The average Bonchev–Trinajstić information content (AvgIpc) is 2.58. The minimum Gasteiger partial charge on any atom is -0.445 e. The van der Waals surface area contributed by atoms with Gasteiger partial charge in [-0.1, -0.05) is 42.5 Å². The maximum Gasteiger partial charge on any atom is 0.407 e. The molecule has 1 heterocycles. The van der Waals surface area contributed by atoms with Crippen molar-refractivity contribution in [3.63, 3.8) is 0 Å². The lowest BCUT2D eigenvalue weighted by Crippen LogP contribution is -2.24. The van der Waals surface area contributed by atoms with Crippen molar-refractivity contribution in [1.82, 2.24) is 10.3 Å². The van der Waals surface area contributed by atoms with Crippen molar-refractivity contribution >= 4 is 18.5 Å². The summed E-state index contributed by atoms with van der Waals surface area (Å²) in [6.45, 7) is 0.570. The number of aromatic nitrogens is 1. The molecule has 5 nitrogen and oxygen atoms in total. The average molecular weight is 296 g/mol. The molecule has 0 aliphatic heterocycles. The molecule has 0 aliphatic rings. The SMILES string of the molecule is O=Cc1cncc(C=CCNC(=O)OCc2ccccc2)c1. The summed E-state index contributed by atoms with van der Waals surface area (Å²) in [6.07, 6.45) is 6.92. The zero-order valence-corrected chi connectivity index (χ0v) is 11.9. The van der Waals surface area contributed by atoms with Crippen LogP contribution in [0.5, 0.6) is 0 Å². The predicted octanol–water partition coefficient (Wildman–Crippen LogP) is 2.83. The highest BCUT2D eigenvalue weighted by atomic mass is 16.5. The number of carbonyl (C=O) groups is 2. The van der Waals surface area contributed by atoms with Crippen LogP contribution >= 0.6 is 0 Å². The second-order valence-corrected chi connectivity index (χ2v) is 4.51. The van der Waals surface area contributed by atoms with Gasteiger partial charge in [0.05, 0.1) is 0 Å². The van der Waals surface area contributed by atoms with Crippen LogP contribution in [0.3, 0.4) is 0 Å². The number of hydrogen-bond donors (Lipinski definition) is 1. The van der Waals surface area contributed by atoms with Gasteiger partial charge in [-0.25, -0.2) is 4.79 Å². The highest BCUT2D eigenvalue weighted by molar-refractivity contribution is 5.75. The molecule has 22 heavy (non-hydrogen) atoms.